The summed E-state index contributed by atoms with van der Waals surface area (Å²) < 4.78 is 0. The second-order valence-electron chi connectivity index (χ2n) is 4.58. The lowest BCUT2D eigenvalue weighted by atomic mass is 10.0. The van der Waals surface area contributed by atoms with E-state index in [4.69, 9.17) is 5.73 Å². The van der Waals surface area contributed by atoms with Gasteiger partial charge in [-0.2, -0.15) is 0 Å². The van der Waals surface area contributed by atoms with Crippen molar-refractivity contribution in [1.29, 1.82) is 0 Å². The van der Waals surface area contributed by atoms with E-state index in [9.17, 15) is 0 Å². The van der Waals surface area contributed by atoms with E-state index in [-0.39, 0.29) is 0 Å². The monoisotopic (exact) mass is 183 g/mol. The van der Waals surface area contributed by atoms with Crippen LogP contribution in [0.4, 0.5) is 0 Å². The summed E-state index contributed by atoms with van der Waals surface area (Å²) in [7, 11) is 2.21. The fourth-order valence-corrected chi connectivity index (χ4v) is 2.51. The largest absolute Gasteiger partial charge is 0.326 e. The minimum absolute atomic E-state index is 0.444. The van der Waals surface area contributed by atoms with E-state index in [2.05, 4.69) is 16.8 Å². The molecule has 0 aromatic carbocycles. The Morgan fingerprint density at radius 3 is 2.31 bits per heavy atom. The van der Waals surface area contributed by atoms with E-state index in [0.717, 1.165) is 12.6 Å². The SMILES string of the molecule is CN1CCC(N2CC[C@@H](N)C2)CC1. The van der Waals surface area contributed by atoms with Crippen LogP contribution in [-0.4, -0.2) is 55.1 Å². The Balaban J connectivity index is 1.81. The molecule has 0 amide bonds. The molecule has 0 radical (unpaired) electrons. The first-order valence-electron chi connectivity index (χ1n) is 5.44. The number of hydrogen-bond acceptors (Lipinski definition) is 3. The molecule has 2 aliphatic rings. The van der Waals surface area contributed by atoms with Gasteiger partial charge >= 0.3 is 0 Å². The molecule has 0 spiro atoms. The summed E-state index contributed by atoms with van der Waals surface area (Å²) in [5, 5.41) is 0. The van der Waals surface area contributed by atoms with Gasteiger partial charge in [-0.15, -0.1) is 0 Å². The molecule has 0 unspecified atom stereocenters. The Morgan fingerprint density at radius 1 is 1.08 bits per heavy atom. The summed E-state index contributed by atoms with van der Waals surface area (Å²) in [6.07, 6.45) is 3.87. The van der Waals surface area contributed by atoms with Gasteiger partial charge in [-0.3, -0.25) is 4.90 Å². The van der Waals surface area contributed by atoms with Gasteiger partial charge in [0.15, 0.2) is 0 Å². The smallest absolute Gasteiger partial charge is 0.0180 e. The van der Waals surface area contributed by atoms with Crippen LogP contribution in [0.3, 0.4) is 0 Å². The molecule has 0 saturated carbocycles. The highest BCUT2D eigenvalue weighted by atomic mass is 15.2. The van der Waals surface area contributed by atoms with E-state index in [1.165, 1.54) is 38.9 Å². The number of hydrogen-bond donors (Lipinski definition) is 1. The van der Waals surface area contributed by atoms with Gasteiger partial charge in [-0.1, -0.05) is 0 Å². The molecule has 13 heavy (non-hydrogen) atoms. The molecular weight excluding hydrogens is 162 g/mol. The third-order valence-electron chi connectivity index (χ3n) is 3.46. The number of nitrogens with zero attached hydrogens (tertiary/aromatic N) is 2. The minimum Gasteiger partial charge on any atom is -0.326 e. The maximum Gasteiger partial charge on any atom is 0.0180 e. The highest BCUT2D eigenvalue weighted by molar-refractivity contribution is 4.86. The molecule has 1 atom stereocenters. The standard InChI is InChI=1S/C10H21N3/c1-12-5-3-10(4-6-12)13-7-2-9(11)8-13/h9-10H,2-8,11H2,1H3/t9-/m1/s1. The second kappa shape index (κ2) is 3.95. The molecule has 2 saturated heterocycles. The molecule has 0 aromatic heterocycles. The molecular formula is C10H21N3. The summed E-state index contributed by atoms with van der Waals surface area (Å²) in [5.41, 5.74) is 5.91. The maximum absolute atomic E-state index is 5.91. The van der Waals surface area contributed by atoms with E-state index in [1.807, 2.05) is 0 Å². The molecule has 2 fully saturated rings. The normalized spacial score (nSPS) is 34.2. The van der Waals surface area contributed by atoms with Gasteiger partial charge in [-0.05, 0) is 39.4 Å². The molecule has 2 rings (SSSR count). The van der Waals surface area contributed by atoms with Crippen LogP contribution in [0.1, 0.15) is 19.3 Å². The summed E-state index contributed by atoms with van der Waals surface area (Å²) >= 11 is 0. The molecule has 0 aliphatic carbocycles. The number of likely N-dealkylation sites (tertiary alicyclic amines) is 2. The molecule has 0 aromatic rings. The quantitative estimate of drug-likeness (QED) is 0.626. The van der Waals surface area contributed by atoms with E-state index >= 15 is 0 Å². The molecule has 2 heterocycles. The van der Waals surface area contributed by atoms with Gasteiger partial charge in [0.25, 0.3) is 0 Å². The number of piperidine rings is 1. The Kier molecular flexibility index (Phi) is 2.86. The van der Waals surface area contributed by atoms with Gasteiger partial charge in [-0.25, -0.2) is 0 Å². The zero-order chi connectivity index (χ0) is 9.26. The Labute approximate surface area is 80.9 Å². The number of nitrogens with two attached hydrogens (primary N) is 1. The first-order chi connectivity index (χ1) is 6.25. The predicted octanol–water partition coefficient (Wildman–Crippen LogP) is 0.114. The predicted molar refractivity (Wildman–Crippen MR) is 54.7 cm³/mol. The van der Waals surface area contributed by atoms with Crippen molar-refractivity contribution in [2.24, 2.45) is 5.73 Å². The third-order valence-corrected chi connectivity index (χ3v) is 3.46. The van der Waals surface area contributed by atoms with Crippen LogP contribution in [0.15, 0.2) is 0 Å². The molecule has 3 heteroatoms. The lowest BCUT2D eigenvalue weighted by molar-refractivity contribution is 0.142. The first kappa shape index (κ1) is 9.44. The topological polar surface area (TPSA) is 32.5 Å². The molecule has 2 aliphatic heterocycles. The molecule has 76 valence electrons. The zero-order valence-corrected chi connectivity index (χ0v) is 8.58. The third kappa shape index (κ3) is 2.22. The van der Waals surface area contributed by atoms with Gasteiger partial charge in [0.2, 0.25) is 0 Å². The summed E-state index contributed by atoms with van der Waals surface area (Å²) in [6.45, 7) is 4.89. The second-order valence-corrected chi connectivity index (χ2v) is 4.58. The fraction of sp³-hybridized carbons (Fsp3) is 1.00. The average Bonchev–Trinajstić information content (AvgIpc) is 2.53. The van der Waals surface area contributed by atoms with E-state index < -0.39 is 0 Å². The zero-order valence-electron chi connectivity index (χ0n) is 8.58. The minimum atomic E-state index is 0.444. The Hall–Kier alpha value is -0.120. The Morgan fingerprint density at radius 2 is 1.77 bits per heavy atom. The van der Waals surface area contributed by atoms with Crippen molar-refractivity contribution in [3.05, 3.63) is 0 Å². The van der Waals surface area contributed by atoms with E-state index in [1.54, 1.807) is 0 Å². The van der Waals surface area contributed by atoms with E-state index in [0.29, 0.717) is 6.04 Å². The van der Waals surface area contributed by atoms with Gasteiger partial charge in [0.1, 0.15) is 0 Å². The van der Waals surface area contributed by atoms with Crippen molar-refractivity contribution in [2.75, 3.05) is 33.2 Å². The van der Waals surface area contributed by atoms with Crippen molar-refractivity contribution in [1.82, 2.24) is 9.80 Å². The van der Waals surface area contributed by atoms with Gasteiger partial charge in [0, 0.05) is 25.2 Å². The van der Waals surface area contributed by atoms with Crippen LogP contribution >= 0.6 is 0 Å². The lowest BCUT2D eigenvalue weighted by Crippen LogP contribution is -2.43. The van der Waals surface area contributed by atoms with Crippen LogP contribution < -0.4 is 5.73 Å². The summed E-state index contributed by atoms with van der Waals surface area (Å²) in [6, 6.07) is 1.27. The molecule has 2 N–H and O–H groups in total. The average molecular weight is 183 g/mol. The van der Waals surface area contributed by atoms with Gasteiger partial charge in [0.05, 0.1) is 0 Å². The van der Waals surface area contributed by atoms with Crippen LogP contribution in [0, 0.1) is 0 Å². The first-order valence-corrected chi connectivity index (χ1v) is 5.44. The maximum atomic E-state index is 5.91. The van der Waals surface area contributed by atoms with Crippen LogP contribution in [0.2, 0.25) is 0 Å². The van der Waals surface area contributed by atoms with Crippen LogP contribution in [-0.2, 0) is 0 Å². The number of rotatable bonds is 1. The molecule has 0 bridgehead atoms. The molecule has 3 nitrogen and oxygen atoms in total. The summed E-state index contributed by atoms with van der Waals surface area (Å²) in [4.78, 5) is 5.02. The van der Waals surface area contributed by atoms with Crippen molar-refractivity contribution < 1.29 is 0 Å². The van der Waals surface area contributed by atoms with Crippen molar-refractivity contribution in [3.8, 4) is 0 Å². The lowest BCUT2D eigenvalue weighted by Gasteiger charge is -2.34. The van der Waals surface area contributed by atoms with Crippen LogP contribution in [0.25, 0.3) is 0 Å². The highest BCUT2D eigenvalue weighted by Gasteiger charge is 2.28. The van der Waals surface area contributed by atoms with Crippen molar-refractivity contribution >= 4 is 0 Å². The van der Waals surface area contributed by atoms with Gasteiger partial charge < -0.3 is 10.6 Å². The highest BCUT2D eigenvalue weighted by Crippen LogP contribution is 2.19. The van der Waals surface area contributed by atoms with Crippen molar-refractivity contribution in [3.63, 3.8) is 0 Å². The van der Waals surface area contributed by atoms with Crippen LogP contribution in [0.5, 0.6) is 0 Å². The Bertz CT molecular complexity index is 164. The fourth-order valence-electron chi connectivity index (χ4n) is 2.51. The van der Waals surface area contributed by atoms with Crippen molar-refractivity contribution in [2.45, 2.75) is 31.3 Å². The summed E-state index contributed by atoms with van der Waals surface area (Å²) in [5.74, 6) is 0.